The third kappa shape index (κ3) is 4.31. The fourth-order valence-corrected chi connectivity index (χ4v) is 2.11. The number of aryl methyl sites for hydroxylation is 1. The van der Waals surface area contributed by atoms with Crippen LogP contribution in [-0.4, -0.2) is 11.1 Å². The fraction of sp³-hybridized carbons (Fsp3) is 0.188. The Morgan fingerprint density at radius 2 is 1.67 bits per heavy atom. The summed E-state index contributed by atoms with van der Waals surface area (Å²) in [5.41, 5.74) is 3.26. The zero-order valence-electron chi connectivity index (χ0n) is 11.9. The Bertz CT molecular complexity index is 639. The molecule has 2 amide bonds. The molecule has 2 aromatic rings. The molecule has 0 radical (unpaired) electrons. The SMILES string of the molecule is Cc1cc(NC(=O)Nc2ccc(C(C)O)cc2)ccc1Br. The highest BCUT2D eigenvalue weighted by atomic mass is 79.9. The molecule has 2 rings (SSSR count). The number of hydrogen-bond acceptors (Lipinski definition) is 2. The predicted octanol–water partition coefficient (Wildman–Crippen LogP) is 4.45. The highest BCUT2D eigenvalue weighted by molar-refractivity contribution is 9.10. The Morgan fingerprint density at radius 3 is 2.24 bits per heavy atom. The molecule has 0 aliphatic heterocycles. The molecule has 0 heterocycles. The molecule has 5 heteroatoms. The molecule has 0 aliphatic rings. The van der Waals surface area contributed by atoms with Crippen molar-refractivity contribution in [1.29, 1.82) is 0 Å². The number of aliphatic hydroxyl groups excluding tert-OH is 1. The van der Waals surface area contributed by atoms with Gasteiger partial charge in [-0.2, -0.15) is 0 Å². The van der Waals surface area contributed by atoms with Gasteiger partial charge >= 0.3 is 6.03 Å². The van der Waals surface area contributed by atoms with Crippen molar-refractivity contribution in [3.63, 3.8) is 0 Å². The van der Waals surface area contributed by atoms with Crippen LogP contribution in [0.3, 0.4) is 0 Å². The first-order valence-electron chi connectivity index (χ1n) is 6.58. The fourth-order valence-electron chi connectivity index (χ4n) is 1.86. The average molecular weight is 349 g/mol. The summed E-state index contributed by atoms with van der Waals surface area (Å²) in [6, 6.07) is 12.4. The Hall–Kier alpha value is -1.85. The third-order valence-electron chi connectivity index (χ3n) is 3.07. The van der Waals surface area contributed by atoms with Crippen LogP contribution >= 0.6 is 15.9 Å². The van der Waals surface area contributed by atoms with Crippen molar-refractivity contribution in [2.45, 2.75) is 20.0 Å². The number of rotatable bonds is 3. The van der Waals surface area contributed by atoms with Gasteiger partial charge in [-0.25, -0.2) is 4.79 Å². The van der Waals surface area contributed by atoms with E-state index in [-0.39, 0.29) is 6.03 Å². The maximum absolute atomic E-state index is 11.9. The monoisotopic (exact) mass is 348 g/mol. The molecule has 0 fully saturated rings. The van der Waals surface area contributed by atoms with Crippen LogP contribution in [0, 0.1) is 6.92 Å². The average Bonchev–Trinajstić information content (AvgIpc) is 2.43. The van der Waals surface area contributed by atoms with E-state index >= 15 is 0 Å². The van der Waals surface area contributed by atoms with Gasteiger partial charge in [0, 0.05) is 15.8 Å². The van der Waals surface area contributed by atoms with E-state index in [1.807, 2.05) is 25.1 Å². The molecule has 1 atom stereocenters. The van der Waals surface area contributed by atoms with Crippen LogP contribution in [0.2, 0.25) is 0 Å². The number of aliphatic hydroxyl groups is 1. The largest absolute Gasteiger partial charge is 0.389 e. The molecule has 0 aromatic heterocycles. The van der Waals surface area contributed by atoms with Gasteiger partial charge in [-0.3, -0.25) is 0 Å². The Labute approximate surface area is 132 Å². The summed E-state index contributed by atoms with van der Waals surface area (Å²) in [6.45, 7) is 3.66. The predicted molar refractivity (Wildman–Crippen MR) is 88.6 cm³/mol. The van der Waals surface area contributed by atoms with Gasteiger partial charge in [-0.05, 0) is 55.3 Å². The van der Waals surface area contributed by atoms with E-state index in [1.165, 1.54) is 0 Å². The summed E-state index contributed by atoms with van der Waals surface area (Å²) in [6.07, 6.45) is -0.515. The highest BCUT2D eigenvalue weighted by Gasteiger charge is 2.05. The molecule has 0 bridgehead atoms. The maximum atomic E-state index is 11.9. The van der Waals surface area contributed by atoms with Crippen molar-refractivity contribution in [3.8, 4) is 0 Å². The summed E-state index contributed by atoms with van der Waals surface area (Å²) in [5, 5.41) is 15.0. The topological polar surface area (TPSA) is 61.4 Å². The van der Waals surface area contributed by atoms with E-state index in [9.17, 15) is 9.90 Å². The number of carbonyl (C=O) groups excluding carboxylic acids is 1. The number of anilines is 2. The summed E-state index contributed by atoms with van der Waals surface area (Å²) >= 11 is 3.42. The smallest absolute Gasteiger partial charge is 0.323 e. The third-order valence-corrected chi connectivity index (χ3v) is 3.96. The number of benzene rings is 2. The van der Waals surface area contributed by atoms with Crippen molar-refractivity contribution in [2.24, 2.45) is 0 Å². The lowest BCUT2D eigenvalue weighted by molar-refractivity contribution is 0.199. The molecular formula is C16H17BrN2O2. The minimum atomic E-state index is -0.515. The summed E-state index contributed by atoms with van der Waals surface area (Å²) in [5.74, 6) is 0. The van der Waals surface area contributed by atoms with Crippen LogP contribution < -0.4 is 10.6 Å². The van der Waals surface area contributed by atoms with E-state index in [0.29, 0.717) is 5.69 Å². The highest BCUT2D eigenvalue weighted by Crippen LogP contribution is 2.20. The molecule has 0 saturated carbocycles. The van der Waals surface area contributed by atoms with Crippen molar-refractivity contribution in [3.05, 3.63) is 58.1 Å². The van der Waals surface area contributed by atoms with Crippen LogP contribution in [0.5, 0.6) is 0 Å². The van der Waals surface area contributed by atoms with E-state index in [4.69, 9.17) is 0 Å². The van der Waals surface area contributed by atoms with Gasteiger partial charge in [0.25, 0.3) is 0 Å². The number of carbonyl (C=O) groups is 1. The first-order valence-corrected chi connectivity index (χ1v) is 7.37. The van der Waals surface area contributed by atoms with Crippen LogP contribution in [0.1, 0.15) is 24.2 Å². The van der Waals surface area contributed by atoms with E-state index < -0.39 is 6.10 Å². The minimum Gasteiger partial charge on any atom is -0.389 e. The molecule has 2 aromatic carbocycles. The normalized spacial score (nSPS) is 11.8. The maximum Gasteiger partial charge on any atom is 0.323 e. The first kappa shape index (κ1) is 15.5. The van der Waals surface area contributed by atoms with E-state index in [2.05, 4.69) is 26.6 Å². The van der Waals surface area contributed by atoms with Gasteiger partial charge in [-0.1, -0.05) is 28.1 Å². The Kier molecular flexibility index (Phi) is 4.98. The van der Waals surface area contributed by atoms with Crippen molar-refractivity contribution < 1.29 is 9.90 Å². The van der Waals surface area contributed by atoms with Crippen LogP contribution in [-0.2, 0) is 0 Å². The number of hydrogen-bond donors (Lipinski definition) is 3. The van der Waals surface area contributed by atoms with Gasteiger partial charge in [-0.15, -0.1) is 0 Å². The molecule has 21 heavy (non-hydrogen) atoms. The van der Waals surface area contributed by atoms with E-state index in [1.54, 1.807) is 31.2 Å². The summed E-state index contributed by atoms with van der Waals surface area (Å²) < 4.78 is 1.00. The Balaban J connectivity index is 1.99. The molecule has 0 spiro atoms. The lowest BCUT2D eigenvalue weighted by Crippen LogP contribution is -2.19. The molecule has 1 unspecified atom stereocenters. The minimum absolute atomic E-state index is 0.304. The van der Waals surface area contributed by atoms with Gasteiger partial charge in [0.15, 0.2) is 0 Å². The molecular weight excluding hydrogens is 332 g/mol. The lowest BCUT2D eigenvalue weighted by Gasteiger charge is -2.10. The van der Waals surface area contributed by atoms with Gasteiger partial charge in [0.1, 0.15) is 0 Å². The second-order valence-corrected chi connectivity index (χ2v) is 5.70. The first-order chi connectivity index (χ1) is 9.95. The number of nitrogens with one attached hydrogen (secondary N) is 2. The van der Waals surface area contributed by atoms with Crippen LogP contribution in [0.25, 0.3) is 0 Å². The van der Waals surface area contributed by atoms with Crippen LogP contribution in [0.15, 0.2) is 46.9 Å². The molecule has 0 aliphatic carbocycles. The number of amides is 2. The number of halogens is 1. The van der Waals surface area contributed by atoms with Crippen molar-refractivity contribution in [2.75, 3.05) is 10.6 Å². The zero-order valence-corrected chi connectivity index (χ0v) is 13.4. The molecule has 4 nitrogen and oxygen atoms in total. The molecule has 3 N–H and O–H groups in total. The van der Waals surface area contributed by atoms with Gasteiger partial charge in [0.2, 0.25) is 0 Å². The van der Waals surface area contributed by atoms with Crippen molar-refractivity contribution >= 4 is 33.3 Å². The summed E-state index contributed by atoms with van der Waals surface area (Å²) in [4.78, 5) is 11.9. The standard InChI is InChI=1S/C16H17BrN2O2/c1-10-9-14(7-8-15(10)17)19-16(21)18-13-5-3-12(4-6-13)11(2)20/h3-9,11,20H,1-2H3,(H2,18,19,21). The van der Waals surface area contributed by atoms with Crippen molar-refractivity contribution in [1.82, 2.24) is 0 Å². The lowest BCUT2D eigenvalue weighted by atomic mass is 10.1. The quantitative estimate of drug-likeness (QED) is 0.766. The molecule has 110 valence electrons. The zero-order chi connectivity index (χ0) is 15.4. The van der Waals surface area contributed by atoms with Crippen LogP contribution in [0.4, 0.5) is 16.2 Å². The molecule has 0 saturated heterocycles. The number of urea groups is 1. The van der Waals surface area contributed by atoms with Gasteiger partial charge in [0.05, 0.1) is 6.10 Å². The second-order valence-electron chi connectivity index (χ2n) is 4.84. The van der Waals surface area contributed by atoms with E-state index in [0.717, 1.165) is 21.3 Å². The summed E-state index contributed by atoms with van der Waals surface area (Å²) in [7, 11) is 0. The Morgan fingerprint density at radius 1 is 1.10 bits per heavy atom. The van der Waals surface area contributed by atoms with Gasteiger partial charge < -0.3 is 15.7 Å². The second kappa shape index (κ2) is 6.74.